The predicted octanol–water partition coefficient (Wildman–Crippen LogP) is -1.07. The van der Waals surface area contributed by atoms with E-state index in [2.05, 4.69) is 10.3 Å². The van der Waals surface area contributed by atoms with Crippen LogP contribution in [0.3, 0.4) is 0 Å². The Morgan fingerprint density at radius 2 is 2.38 bits per heavy atom. The Labute approximate surface area is 92.4 Å². The number of aliphatic hydroxyl groups excluding tert-OH is 1. The van der Waals surface area contributed by atoms with E-state index in [0.29, 0.717) is 17.4 Å². The molecule has 1 atom stereocenters. The molecule has 1 aromatic heterocycles. The normalized spacial score (nSPS) is 11.9. The number of methoxy groups -OCH3 is 1. The third-order valence-electron chi connectivity index (χ3n) is 1.90. The molecule has 0 aliphatic carbocycles. The van der Waals surface area contributed by atoms with E-state index in [1.807, 2.05) is 0 Å². The van der Waals surface area contributed by atoms with Gasteiger partial charge in [-0.3, -0.25) is 4.79 Å². The number of aromatic nitrogens is 1. The zero-order chi connectivity index (χ0) is 12.1. The summed E-state index contributed by atoms with van der Waals surface area (Å²) in [7, 11) is 1.47. The number of nitrogens with one attached hydrogen (secondary N) is 1. The molecular weight excluding hydrogens is 212 g/mol. The minimum Gasteiger partial charge on any atom is -0.481 e. The van der Waals surface area contributed by atoms with E-state index in [-0.39, 0.29) is 6.54 Å². The number of nitrogens with two attached hydrogens (primary N) is 2. The van der Waals surface area contributed by atoms with Crippen molar-refractivity contribution >= 4 is 17.4 Å². The summed E-state index contributed by atoms with van der Waals surface area (Å²) in [6, 6.07) is 3.20. The number of nitrogens with zero attached hydrogens (tertiary/aromatic N) is 1. The number of anilines is 2. The highest BCUT2D eigenvalue weighted by Crippen LogP contribution is 2.19. The molecule has 0 aliphatic heterocycles. The van der Waals surface area contributed by atoms with E-state index in [1.54, 1.807) is 12.1 Å². The van der Waals surface area contributed by atoms with E-state index in [0.717, 1.165) is 0 Å². The molecule has 1 rings (SSSR count). The largest absolute Gasteiger partial charge is 0.481 e. The van der Waals surface area contributed by atoms with E-state index in [1.165, 1.54) is 7.11 Å². The maximum absolute atomic E-state index is 10.6. The highest BCUT2D eigenvalue weighted by molar-refractivity contribution is 5.79. The van der Waals surface area contributed by atoms with Crippen LogP contribution in [-0.2, 0) is 4.79 Å². The molecule has 0 aromatic carbocycles. The Kier molecular flexibility index (Phi) is 3.90. The number of nitrogen functional groups attached to an aromatic ring is 1. The molecule has 7 nitrogen and oxygen atoms in total. The number of amides is 1. The summed E-state index contributed by atoms with van der Waals surface area (Å²) in [6.07, 6.45) is -1.28. The number of rotatable bonds is 5. The van der Waals surface area contributed by atoms with Crippen molar-refractivity contribution in [2.45, 2.75) is 6.10 Å². The number of aliphatic hydroxyl groups is 1. The van der Waals surface area contributed by atoms with Crippen molar-refractivity contribution in [2.75, 3.05) is 24.7 Å². The van der Waals surface area contributed by atoms with Crippen LogP contribution in [0.25, 0.3) is 0 Å². The van der Waals surface area contributed by atoms with Gasteiger partial charge in [-0.05, 0) is 6.07 Å². The van der Waals surface area contributed by atoms with Crippen molar-refractivity contribution in [1.29, 1.82) is 0 Å². The lowest BCUT2D eigenvalue weighted by Gasteiger charge is -2.11. The fraction of sp³-hybridized carbons (Fsp3) is 0.333. The lowest BCUT2D eigenvalue weighted by Crippen LogP contribution is -2.34. The summed E-state index contributed by atoms with van der Waals surface area (Å²) in [4.78, 5) is 14.6. The van der Waals surface area contributed by atoms with Crippen LogP contribution in [0.15, 0.2) is 12.1 Å². The average Bonchev–Trinajstić information content (AvgIpc) is 2.27. The summed E-state index contributed by atoms with van der Waals surface area (Å²) in [6.45, 7) is -0.0559. The molecule has 6 N–H and O–H groups in total. The van der Waals surface area contributed by atoms with E-state index in [9.17, 15) is 4.79 Å². The molecular formula is C9H14N4O3. The maximum Gasteiger partial charge on any atom is 0.248 e. The Morgan fingerprint density at radius 3 is 2.94 bits per heavy atom. The molecule has 1 heterocycles. The molecule has 0 bridgehead atoms. The third-order valence-corrected chi connectivity index (χ3v) is 1.90. The van der Waals surface area contributed by atoms with Gasteiger partial charge in [0.15, 0.2) is 5.82 Å². The Hall–Kier alpha value is -2.02. The fourth-order valence-electron chi connectivity index (χ4n) is 1.00. The molecule has 0 saturated heterocycles. The van der Waals surface area contributed by atoms with Crippen molar-refractivity contribution in [3.05, 3.63) is 12.1 Å². The first kappa shape index (κ1) is 12.1. The van der Waals surface area contributed by atoms with Gasteiger partial charge < -0.3 is 26.6 Å². The molecule has 7 heteroatoms. The second-order valence-electron chi connectivity index (χ2n) is 3.09. The van der Waals surface area contributed by atoms with Crippen LogP contribution < -0.4 is 21.5 Å². The highest BCUT2D eigenvalue weighted by atomic mass is 16.5. The summed E-state index contributed by atoms with van der Waals surface area (Å²) < 4.78 is 4.90. The maximum atomic E-state index is 10.6. The van der Waals surface area contributed by atoms with Crippen LogP contribution in [0.5, 0.6) is 5.88 Å². The van der Waals surface area contributed by atoms with Gasteiger partial charge in [-0.1, -0.05) is 0 Å². The first-order chi connectivity index (χ1) is 7.54. The van der Waals surface area contributed by atoms with Gasteiger partial charge in [0, 0.05) is 6.07 Å². The van der Waals surface area contributed by atoms with Crippen LogP contribution in [0.1, 0.15) is 0 Å². The highest BCUT2D eigenvalue weighted by Gasteiger charge is 2.11. The number of carbonyl (C=O) groups excluding carboxylic acids is 1. The van der Waals surface area contributed by atoms with Gasteiger partial charge in [-0.15, -0.1) is 0 Å². The molecule has 0 fully saturated rings. The topological polar surface area (TPSA) is 123 Å². The van der Waals surface area contributed by atoms with E-state index < -0.39 is 12.0 Å². The SMILES string of the molecule is COc1ccc(N)c(NCC(O)C(N)=O)n1. The summed E-state index contributed by atoms with van der Waals surface area (Å²) in [5, 5.41) is 11.9. The summed E-state index contributed by atoms with van der Waals surface area (Å²) in [5.41, 5.74) is 10.9. The lowest BCUT2D eigenvalue weighted by atomic mass is 10.3. The molecule has 1 amide bonds. The molecule has 0 spiro atoms. The molecule has 88 valence electrons. The Bertz CT molecular complexity index is 383. The quantitative estimate of drug-likeness (QED) is 0.507. The minimum atomic E-state index is -1.28. The number of primary amides is 1. The number of pyridine rings is 1. The van der Waals surface area contributed by atoms with Crippen molar-refractivity contribution < 1.29 is 14.6 Å². The molecule has 1 unspecified atom stereocenters. The lowest BCUT2D eigenvalue weighted by molar-refractivity contribution is -0.125. The van der Waals surface area contributed by atoms with Crippen molar-refractivity contribution in [3.63, 3.8) is 0 Å². The van der Waals surface area contributed by atoms with Crippen molar-refractivity contribution in [3.8, 4) is 5.88 Å². The Morgan fingerprint density at radius 1 is 1.69 bits per heavy atom. The smallest absolute Gasteiger partial charge is 0.248 e. The third kappa shape index (κ3) is 2.99. The van der Waals surface area contributed by atoms with Gasteiger partial charge in [-0.2, -0.15) is 4.98 Å². The number of hydrogen-bond acceptors (Lipinski definition) is 6. The van der Waals surface area contributed by atoms with Crippen LogP contribution in [0.4, 0.5) is 11.5 Å². The van der Waals surface area contributed by atoms with Crippen molar-refractivity contribution in [1.82, 2.24) is 4.98 Å². The standard InChI is InChI=1S/C9H14N4O3/c1-16-7-3-2-5(10)9(13-7)12-4-6(14)8(11)15/h2-3,6,14H,4,10H2,1H3,(H2,11,15)(H,12,13). The zero-order valence-electron chi connectivity index (χ0n) is 8.80. The fourth-order valence-corrected chi connectivity index (χ4v) is 1.00. The molecule has 16 heavy (non-hydrogen) atoms. The van der Waals surface area contributed by atoms with Gasteiger partial charge in [0.1, 0.15) is 6.10 Å². The zero-order valence-corrected chi connectivity index (χ0v) is 8.80. The molecule has 0 saturated carbocycles. The van der Waals surface area contributed by atoms with Gasteiger partial charge in [0.25, 0.3) is 0 Å². The van der Waals surface area contributed by atoms with E-state index >= 15 is 0 Å². The monoisotopic (exact) mass is 226 g/mol. The van der Waals surface area contributed by atoms with Crippen LogP contribution >= 0.6 is 0 Å². The average molecular weight is 226 g/mol. The number of ether oxygens (including phenoxy) is 1. The van der Waals surface area contributed by atoms with Crippen molar-refractivity contribution in [2.24, 2.45) is 5.73 Å². The van der Waals surface area contributed by atoms with Gasteiger partial charge in [0.2, 0.25) is 11.8 Å². The first-order valence-electron chi connectivity index (χ1n) is 4.56. The van der Waals surface area contributed by atoms with Gasteiger partial charge in [-0.25, -0.2) is 0 Å². The van der Waals surface area contributed by atoms with Gasteiger partial charge >= 0.3 is 0 Å². The summed E-state index contributed by atoms with van der Waals surface area (Å²) in [5.74, 6) is -0.0983. The second kappa shape index (κ2) is 5.17. The first-order valence-corrected chi connectivity index (χ1v) is 4.56. The molecule has 1 aromatic rings. The predicted molar refractivity (Wildman–Crippen MR) is 58.9 cm³/mol. The van der Waals surface area contributed by atoms with Crippen LogP contribution in [-0.4, -0.2) is 35.8 Å². The molecule has 0 radical (unpaired) electrons. The Balaban J connectivity index is 2.69. The van der Waals surface area contributed by atoms with E-state index in [4.69, 9.17) is 21.3 Å². The number of carbonyl (C=O) groups is 1. The minimum absolute atomic E-state index is 0.0559. The van der Waals surface area contributed by atoms with Gasteiger partial charge in [0.05, 0.1) is 19.3 Å². The number of hydrogen-bond donors (Lipinski definition) is 4. The van der Waals surface area contributed by atoms with Crippen LogP contribution in [0, 0.1) is 0 Å². The summed E-state index contributed by atoms with van der Waals surface area (Å²) >= 11 is 0. The molecule has 0 aliphatic rings. The van der Waals surface area contributed by atoms with Crippen LogP contribution in [0.2, 0.25) is 0 Å². The second-order valence-corrected chi connectivity index (χ2v) is 3.09.